The number of aromatic nitrogens is 2. The number of rotatable bonds is 2. The minimum absolute atomic E-state index is 0.340. The van der Waals surface area contributed by atoms with Gasteiger partial charge in [-0.2, -0.15) is 4.68 Å². The van der Waals surface area contributed by atoms with Crippen molar-refractivity contribution in [2.75, 3.05) is 6.61 Å². The summed E-state index contributed by atoms with van der Waals surface area (Å²) in [7, 11) is 0. The molecule has 5 heteroatoms. The van der Waals surface area contributed by atoms with Crippen molar-refractivity contribution < 1.29 is 14.6 Å². The van der Waals surface area contributed by atoms with E-state index in [4.69, 9.17) is 4.74 Å². The van der Waals surface area contributed by atoms with Crippen LogP contribution in [0, 0.1) is 0 Å². The minimum Gasteiger partial charge on any atom is -0.448 e. The van der Waals surface area contributed by atoms with Gasteiger partial charge in [0.15, 0.2) is 0 Å². The van der Waals surface area contributed by atoms with Gasteiger partial charge in [0, 0.05) is 12.3 Å². The summed E-state index contributed by atoms with van der Waals surface area (Å²) in [6.07, 6.45) is 1.41. The average Bonchev–Trinajstić information content (AvgIpc) is 2.47. The summed E-state index contributed by atoms with van der Waals surface area (Å²) in [5.41, 5.74) is 0. The number of nitrogens with zero attached hydrogens (tertiary/aromatic N) is 2. The van der Waals surface area contributed by atoms with Crippen molar-refractivity contribution in [2.45, 2.75) is 13.3 Å². The molecule has 65 valence electrons. The lowest BCUT2D eigenvalue weighted by Gasteiger charge is -2.00. The van der Waals surface area contributed by atoms with E-state index in [9.17, 15) is 9.90 Å². The highest BCUT2D eigenvalue weighted by Crippen LogP contribution is 2.02. The zero-order valence-electron chi connectivity index (χ0n) is 6.69. The predicted molar refractivity (Wildman–Crippen MR) is 39.4 cm³/mol. The van der Waals surface area contributed by atoms with Crippen LogP contribution in [0.4, 0.5) is 4.79 Å². The molecule has 5 nitrogen and oxygen atoms in total. The first kappa shape index (κ1) is 8.58. The zero-order chi connectivity index (χ0) is 8.97. The Morgan fingerprint density at radius 3 is 3.00 bits per heavy atom. The molecular weight excluding hydrogens is 160 g/mol. The van der Waals surface area contributed by atoms with E-state index in [1.807, 2.05) is 6.92 Å². The molecule has 0 spiro atoms. The maximum atomic E-state index is 11.0. The first-order valence-electron chi connectivity index (χ1n) is 3.64. The van der Waals surface area contributed by atoms with E-state index < -0.39 is 12.0 Å². The quantitative estimate of drug-likeness (QED) is 0.672. The summed E-state index contributed by atoms with van der Waals surface area (Å²) < 4.78 is 5.60. The normalized spacial score (nSPS) is 9.75. The van der Waals surface area contributed by atoms with E-state index in [1.54, 1.807) is 0 Å². The Balaban J connectivity index is 2.53. The van der Waals surface area contributed by atoms with Gasteiger partial charge in [0.2, 0.25) is 0 Å². The number of carbonyl (C=O) groups is 1. The lowest BCUT2D eigenvalue weighted by Crippen LogP contribution is -2.14. The van der Waals surface area contributed by atoms with Gasteiger partial charge in [0.1, 0.15) is 0 Å². The van der Waals surface area contributed by atoms with E-state index in [-0.39, 0.29) is 0 Å². The minimum atomic E-state index is -0.612. The fourth-order valence-corrected chi connectivity index (χ4v) is 0.664. The summed E-state index contributed by atoms with van der Waals surface area (Å²) in [6, 6.07) is 1.20. The van der Waals surface area contributed by atoms with Gasteiger partial charge >= 0.3 is 6.09 Å². The third kappa shape index (κ3) is 1.98. The average molecular weight is 169 g/mol. The maximum absolute atomic E-state index is 11.0. The van der Waals surface area contributed by atoms with Crippen LogP contribution < -0.4 is 0 Å². The Bertz CT molecular complexity index is 269. The summed E-state index contributed by atoms with van der Waals surface area (Å²) in [5, 5.41) is 13.9. The lowest BCUT2D eigenvalue weighted by atomic mass is 10.5. The Morgan fingerprint density at radius 1 is 1.75 bits per heavy atom. The topological polar surface area (TPSA) is 64.0 Å². The molecule has 0 aliphatic carbocycles. The highest BCUT2D eigenvalue weighted by atomic mass is 16.6. The Morgan fingerprint density at radius 2 is 2.50 bits per heavy atom. The van der Waals surface area contributed by atoms with Crippen LogP contribution in [-0.4, -0.2) is 22.5 Å². The van der Waals surface area contributed by atoms with Crippen molar-refractivity contribution in [2.24, 2.45) is 0 Å². The van der Waals surface area contributed by atoms with Gasteiger partial charge in [0.05, 0.1) is 6.61 Å². The van der Waals surface area contributed by atoms with Crippen molar-refractivity contribution in [3.05, 3.63) is 12.3 Å². The van der Waals surface area contributed by atoms with E-state index >= 15 is 0 Å². The predicted octanol–water partition coefficient (Wildman–Crippen LogP) is 1.42. The first-order chi connectivity index (χ1) is 5.74. The second kappa shape index (κ2) is 3.75. The van der Waals surface area contributed by atoms with Gasteiger partial charge in [-0.1, -0.05) is 6.92 Å². The molecule has 0 amide bonds. The van der Waals surface area contributed by atoms with Crippen LogP contribution in [0.5, 0.6) is 5.88 Å². The SMILES string of the molecule is CCCOC(=O)n1ccc([O])n1. The zero-order valence-corrected chi connectivity index (χ0v) is 6.69. The molecular formula is C7H9N2O3. The monoisotopic (exact) mass is 169 g/mol. The second-order valence-corrected chi connectivity index (χ2v) is 2.21. The van der Waals surface area contributed by atoms with Gasteiger partial charge in [-0.3, -0.25) is 5.11 Å². The van der Waals surface area contributed by atoms with Crippen LogP contribution in [0.1, 0.15) is 13.3 Å². The number of hydrogen-bond donors (Lipinski definition) is 0. The third-order valence-corrected chi connectivity index (χ3v) is 1.18. The molecule has 1 aromatic rings. The molecule has 0 aliphatic heterocycles. The summed E-state index contributed by atoms with van der Waals surface area (Å²) in [5.74, 6) is -0.441. The second-order valence-electron chi connectivity index (χ2n) is 2.21. The maximum Gasteiger partial charge on any atom is 0.434 e. The van der Waals surface area contributed by atoms with E-state index in [0.29, 0.717) is 6.61 Å². The molecule has 1 heterocycles. The molecule has 1 aromatic heterocycles. The third-order valence-electron chi connectivity index (χ3n) is 1.18. The molecule has 0 aliphatic rings. The van der Waals surface area contributed by atoms with Crippen LogP contribution in [0.3, 0.4) is 0 Å². The largest absolute Gasteiger partial charge is 0.448 e. The summed E-state index contributed by atoms with van der Waals surface area (Å²) in [4.78, 5) is 11.0. The van der Waals surface area contributed by atoms with Crippen LogP contribution in [-0.2, 0) is 9.84 Å². The molecule has 0 bridgehead atoms. The van der Waals surface area contributed by atoms with Gasteiger partial charge in [-0.25, -0.2) is 4.79 Å². The highest BCUT2D eigenvalue weighted by molar-refractivity contribution is 5.69. The van der Waals surface area contributed by atoms with E-state index in [1.165, 1.54) is 12.3 Å². The van der Waals surface area contributed by atoms with Gasteiger partial charge < -0.3 is 4.74 Å². The number of carbonyl (C=O) groups excluding carboxylic acids is 1. The number of ether oxygens (including phenoxy) is 1. The Hall–Kier alpha value is -1.52. The molecule has 0 fully saturated rings. The molecule has 0 saturated carbocycles. The molecule has 0 unspecified atom stereocenters. The fourth-order valence-electron chi connectivity index (χ4n) is 0.664. The standard InChI is InChI=1S/C7H9N2O3/c1-2-5-12-7(11)9-4-3-6(10)8-9/h3-4H,2,5H2,1H3. The number of hydrogen-bond acceptors (Lipinski definition) is 3. The van der Waals surface area contributed by atoms with Gasteiger partial charge in [-0.05, 0) is 6.42 Å². The van der Waals surface area contributed by atoms with Crippen molar-refractivity contribution in [1.29, 1.82) is 0 Å². The summed E-state index contributed by atoms with van der Waals surface area (Å²) in [6.45, 7) is 2.22. The molecule has 1 radical (unpaired) electrons. The van der Waals surface area contributed by atoms with Crippen LogP contribution in [0.15, 0.2) is 12.3 Å². The molecule has 12 heavy (non-hydrogen) atoms. The van der Waals surface area contributed by atoms with Crippen molar-refractivity contribution in [3.63, 3.8) is 0 Å². The molecule has 1 rings (SSSR count). The Labute approximate surface area is 69.6 Å². The van der Waals surface area contributed by atoms with E-state index in [0.717, 1.165) is 11.1 Å². The van der Waals surface area contributed by atoms with Crippen LogP contribution >= 0.6 is 0 Å². The highest BCUT2D eigenvalue weighted by Gasteiger charge is 2.07. The van der Waals surface area contributed by atoms with Crippen molar-refractivity contribution in [1.82, 2.24) is 9.78 Å². The molecule has 0 atom stereocenters. The fraction of sp³-hybridized carbons (Fsp3) is 0.429. The van der Waals surface area contributed by atoms with Crippen molar-refractivity contribution in [3.8, 4) is 5.88 Å². The van der Waals surface area contributed by atoms with Crippen LogP contribution in [0.2, 0.25) is 0 Å². The van der Waals surface area contributed by atoms with Crippen molar-refractivity contribution >= 4 is 6.09 Å². The molecule has 0 aromatic carbocycles. The smallest absolute Gasteiger partial charge is 0.434 e. The van der Waals surface area contributed by atoms with Gasteiger partial charge in [0.25, 0.3) is 5.88 Å². The summed E-state index contributed by atoms with van der Waals surface area (Å²) >= 11 is 0. The lowest BCUT2D eigenvalue weighted by molar-refractivity contribution is 0.143. The first-order valence-corrected chi connectivity index (χ1v) is 3.64. The van der Waals surface area contributed by atoms with Crippen LogP contribution in [0.25, 0.3) is 0 Å². The molecule has 0 N–H and O–H groups in total. The van der Waals surface area contributed by atoms with Gasteiger partial charge in [-0.15, -0.1) is 5.10 Å². The Kier molecular flexibility index (Phi) is 2.68. The van der Waals surface area contributed by atoms with E-state index in [2.05, 4.69) is 5.10 Å². The molecule has 0 saturated heterocycles.